The molecule has 0 radical (unpaired) electrons. The van der Waals surface area contributed by atoms with E-state index in [9.17, 15) is 19.5 Å². The van der Waals surface area contributed by atoms with Gasteiger partial charge in [0.25, 0.3) is 0 Å². The van der Waals surface area contributed by atoms with Crippen LogP contribution in [0.3, 0.4) is 0 Å². The number of hydrogen-bond donors (Lipinski definition) is 1. The number of aliphatic hydroxyl groups is 1. The zero-order chi connectivity index (χ0) is 21.3. The van der Waals surface area contributed by atoms with Crippen molar-refractivity contribution in [1.29, 1.82) is 0 Å². The van der Waals surface area contributed by atoms with Gasteiger partial charge in [0.1, 0.15) is 11.9 Å². The summed E-state index contributed by atoms with van der Waals surface area (Å²) < 4.78 is 14.9. The van der Waals surface area contributed by atoms with Crippen molar-refractivity contribution in [2.75, 3.05) is 7.11 Å². The van der Waals surface area contributed by atoms with Gasteiger partial charge in [-0.3, -0.25) is 9.59 Å². The Morgan fingerprint density at radius 1 is 1.21 bits per heavy atom. The highest BCUT2D eigenvalue weighted by molar-refractivity contribution is 5.87. The summed E-state index contributed by atoms with van der Waals surface area (Å²) >= 11 is 0. The van der Waals surface area contributed by atoms with Gasteiger partial charge in [0, 0.05) is 18.6 Å². The van der Waals surface area contributed by atoms with Crippen molar-refractivity contribution in [2.45, 2.75) is 45.8 Å². The molecule has 1 aromatic carbocycles. The molecule has 0 fully saturated rings. The fourth-order valence-electron chi connectivity index (χ4n) is 2.14. The maximum absolute atomic E-state index is 12.1. The van der Waals surface area contributed by atoms with Crippen LogP contribution in [0.25, 0.3) is 12.2 Å². The highest BCUT2D eigenvalue weighted by atomic mass is 16.6. The Morgan fingerprint density at radius 2 is 1.89 bits per heavy atom. The number of hydrogen-bond acceptors (Lipinski definition) is 7. The lowest BCUT2D eigenvalue weighted by atomic mass is 10.0. The summed E-state index contributed by atoms with van der Waals surface area (Å²) in [7, 11) is 1.28. The molecule has 1 rings (SSSR count). The van der Waals surface area contributed by atoms with Gasteiger partial charge in [-0.25, -0.2) is 4.79 Å². The minimum atomic E-state index is -1.07. The smallest absolute Gasteiger partial charge is 0.330 e. The Bertz CT molecular complexity index is 769. The number of rotatable bonds is 8. The van der Waals surface area contributed by atoms with Crippen LogP contribution in [0.4, 0.5) is 0 Å². The van der Waals surface area contributed by atoms with Crippen LogP contribution >= 0.6 is 0 Å². The lowest BCUT2D eigenvalue weighted by molar-refractivity contribution is -0.149. The van der Waals surface area contributed by atoms with Gasteiger partial charge in [-0.05, 0) is 44.5 Å². The summed E-state index contributed by atoms with van der Waals surface area (Å²) in [6.45, 7) is 6.08. The average Bonchev–Trinajstić information content (AvgIpc) is 2.57. The maximum Gasteiger partial charge on any atom is 0.330 e. The molecule has 7 nitrogen and oxygen atoms in total. The van der Waals surface area contributed by atoms with Crippen molar-refractivity contribution in [3.05, 3.63) is 41.5 Å². The Morgan fingerprint density at radius 3 is 2.46 bits per heavy atom. The molecular weight excluding hydrogens is 364 g/mol. The molecule has 1 atom stereocenters. The minimum absolute atomic E-state index is 0.0990. The molecule has 0 bridgehead atoms. The van der Waals surface area contributed by atoms with Gasteiger partial charge in [-0.15, -0.1) is 0 Å². The maximum atomic E-state index is 12.1. The number of carbonyl (C=O) groups excluding carboxylic acids is 3. The van der Waals surface area contributed by atoms with Gasteiger partial charge in [0.05, 0.1) is 19.1 Å². The molecule has 0 aromatic heterocycles. The van der Waals surface area contributed by atoms with Crippen LogP contribution in [0.1, 0.15) is 45.2 Å². The van der Waals surface area contributed by atoms with Gasteiger partial charge < -0.3 is 19.3 Å². The summed E-state index contributed by atoms with van der Waals surface area (Å²) in [6.07, 6.45) is 5.29. The number of benzene rings is 1. The normalized spacial score (nSPS) is 12.8. The number of esters is 3. The van der Waals surface area contributed by atoms with E-state index in [4.69, 9.17) is 9.47 Å². The second kappa shape index (κ2) is 10.4. The molecule has 28 heavy (non-hydrogen) atoms. The summed E-state index contributed by atoms with van der Waals surface area (Å²) in [5.74, 6) is -1.26. The van der Waals surface area contributed by atoms with Gasteiger partial charge in [0.2, 0.25) is 0 Å². The van der Waals surface area contributed by atoms with Crippen LogP contribution in [-0.2, 0) is 23.9 Å². The van der Waals surface area contributed by atoms with Crippen molar-refractivity contribution in [1.82, 2.24) is 0 Å². The largest absolute Gasteiger partial charge is 0.466 e. The Kier molecular flexibility index (Phi) is 8.60. The predicted molar refractivity (Wildman–Crippen MR) is 104 cm³/mol. The van der Waals surface area contributed by atoms with Crippen LogP contribution in [0.15, 0.2) is 30.4 Å². The van der Waals surface area contributed by atoms with Crippen molar-refractivity contribution in [3.63, 3.8) is 0 Å². The fraction of sp³-hybridized carbons (Fsp3) is 0.381. The predicted octanol–water partition coefficient (Wildman–Crippen LogP) is 2.90. The van der Waals surface area contributed by atoms with Crippen molar-refractivity contribution in [2.24, 2.45) is 0 Å². The quantitative estimate of drug-likeness (QED) is 0.414. The van der Waals surface area contributed by atoms with E-state index in [-0.39, 0.29) is 12.2 Å². The van der Waals surface area contributed by atoms with Crippen molar-refractivity contribution in [3.8, 4) is 5.75 Å². The Hall–Kier alpha value is -2.93. The second-order valence-corrected chi connectivity index (χ2v) is 6.74. The summed E-state index contributed by atoms with van der Waals surface area (Å²) in [6, 6.07) is 4.94. The molecule has 0 unspecified atom stereocenters. The molecule has 7 heteroatoms. The molecule has 1 aromatic rings. The molecular formula is C21H26O7. The van der Waals surface area contributed by atoms with Crippen LogP contribution in [0.5, 0.6) is 5.75 Å². The van der Waals surface area contributed by atoms with E-state index < -0.39 is 29.6 Å². The molecule has 0 saturated heterocycles. The molecule has 0 amide bonds. The molecule has 0 aliphatic heterocycles. The molecule has 0 heterocycles. The van der Waals surface area contributed by atoms with E-state index in [1.54, 1.807) is 57.2 Å². The lowest BCUT2D eigenvalue weighted by Gasteiger charge is -2.14. The van der Waals surface area contributed by atoms with E-state index in [0.29, 0.717) is 11.1 Å². The van der Waals surface area contributed by atoms with Gasteiger partial charge in [0.15, 0.2) is 0 Å². The lowest BCUT2D eigenvalue weighted by Crippen LogP contribution is -2.20. The number of ether oxygens (including phenoxy) is 3. The van der Waals surface area contributed by atoms with E-state index in [1.165, 1.54) is 20.1 Å². The zero-order valence-corrected chi connectivity index (χ0v) is 16.7. The molecule has 0 saturated carbocycles. The monoisotopic (exact) mass is 390 g/mol. The highest BCUT2D eigenvalue weighted by Gasteiger charge is 2.15. The third-order valence-corrected chi connectivity index (χ3v) is 3.36. The number of methoxy groups -OCH3 is 1. The van der Waals surface area contributed by atoms with E-state index >= 15 is 0 Å². The molecule has 152 valence electrons. The van der Waals surface area contributed by atoms with Gasteiger partial charge in [-0.1, -0.05) is 18.2 Å². The summed E-state index contributed by atoms with van der Waals surface area (Å²) in [5.41, 5.74) is 0.139. The van der Waals surface area contributed by atoms with Crippen molar-refractivity contribution >= 4 is 30.1 Å². The van der Waals surface area contributed by atoms with E-state index in [1.807, 2.05) is 0 Å². The average molecular weight is 390 g/mol. The summed E-state index contributed by atoms with van der Waals surface area (Å²) in [4.78, 5) is 34.3. The minimum Gasteiger partial charge on any atom is -0.466 e. The molecule has 1 N–H and O–H groups in total. The molecule has 0 spiro atoms. The fourth-order valence-corrected chi connectivity index (χ4v) is 2.14. The first kappa shape index (κ1) is 23.1. The number of carbonyl (C=O) groups is 3. The standard InChI is InChI=1S/C21H26O7/c1-14(27-15(2)22)12-20(24)28-18-8-6-16(7-9-19(23)26-5)13-17(18)10-11-21(3,4)25/h6-11,13-14,25H,12H2,1-5H3/t14-/m0/s1. The third kappa shape index (κ3) is 9.14. The van der Waals surface area contributed by atoms with Crippen LogP contribution in [0, 0.1) is 0 Å². The van der Waals surface area contributed by atoms with Gasteiger partial charge in [-0.2, -0.15) is 0 Å². The molecule has 0 aliphatic rings. The first-order chi connectivity index (χ1) is 13.0. The third-order valence-electron chi connectivity index (χ3n) is 3.36. The second-order valence-electron chi connectivity index (χ2n) is 6.74. The van der Waals surface area contributed by atoms with Gasteiger partial charge >= 0.3 is 17.9 Å². The SMILES string of the molecule is COC(=O)C=Cc1ccc(OC(=O)C[C@H](C)OC(C)=O)c(C=CC(C)(C)O)c1. The van der Waals surface area contributed by atoms with Crippen molar-refractivity contribution < 1.29 is 33.7 Å². The molecule has 0 aliphatic carbocycles. The highest BCUT2D eigenvalue weighted by Crippen LogP contribution is 2.24. The first-order valence-electron chi connectivity index (χ1n) is 8.69. The van der Waals surface area contributed by atoms with Crippen LogP contribution in [-0.4, -0.2) is 41.8 Å². The Labute approximate surface area is 164 Å². The first-order valence-corrected chi connectivity index (χ1v) is 8.69. The summed E-state index contributed by atoms with van der Waals surface area (Å²) in [5, 5.41) is 9.91. The topological polar surface area (TPSA) is 99.1 Å². The van der Waals surface area contributed by atoms with Crippen LogP contribution in [0.2, 0.25) is 0 Å². The Balaban J connectivity index is 3.06. The van der Waals surface area contributed by atoms with E-state index in [0.717, 1.165) is 0 Å². The van der Waals surface area contributed by atoms with Crippen LogP contribution < -0.4 is 4.74 Å². The van der Waals surface area contributed by atoms with E-state index in [2.05, 4.69) is 4.74 Å². The zero-order valence-electron chi connectivity index (χ0n) is 16.7.